The van der Waals surface area contributed by atoms with Crippen LogP contribution < -0.4 is 0 Å². The predicted molar refractivity (Wildman–Crippen MR) is 68.8 cm³/mol. The van der Waals surface area contributed by atoms with Gasteiger partial charge in [-0.1, -0.05) is 0 Å². The van der Waals surface area contributed by atoms with Gasteiger partial charge in [0.15, 0.2) is 11.6 Å². The van der Waals surface area contributed by atoms with E-state index in [4.69, 9.17) is 4.74 Å². The standard InChI is InChI=1S/C13H11NO4S/c15-9-1-2-10(16)12-8(9)7-11(19-12)13(17)14-3-5-18-6-4-14/h1-2,7H,3-6H2. The number of allylic oxidation sites excluding steroid dienone is 2. The van der Waals surface area contributed by atoms with Crippen molar-refractivity contribution in [2.45, 2.75) is 0 Å². The maximum Gasteiger partial charge on any atom is 0.264 e. The van der Waals surface area contributed by atoms with Crippen molar-refractivity contribution in [1.82, 2.24) is 4.90 Å². The fourth-order valence-corrected chi connectivity index (χ4v) is 3.15. The summed E-state index contributed by atoms with van der Waals surface area (Å²) in [6, 6.07) is 1.53. The fourth-order valence-electron chi connectivity index (χ4n) is 2.10. The predicted octanol–water partition coefficient (Wildman–Crippen LogP) is 1.16. The van der Waals surface area contributed by atoms with Gasteiger partial charge >= 0.3 is 0 Å². The highest BCUT2D eigenvalue weighted by Crippen LogP contribution is 2.28. The molecule has 98 valence electrons. The Morgan fingerprint density at radius 2 is 1.84 bits per heavy atom. The number of carbonyl (C=O) groups is 3. The number of hydrogen-bond acceptors (Lipinski definition) is 5. The number of thiophene rings is 1. The molecule has 0 saturated carbocycles. The molecule has 0 bridgehead atoms. The van der Waals surface area contributed by atoms with Crippen LogP contribution >= 0.6 is 11.3 Å². The number of fused-ring (bicyclic) bond motifs is 1. The van der Waals surface area contributed by atoms with Gasteiger partial charge in [0.25, 0.3) is 5.91 Å². The van der Waals surface area contributed by atoms with E-state index in [9.17, 15) is 14.4 Å². The van der Waals surface area contributed by atoms with Gasteiger partial charge in [0.05, 0.1) is 23.0 Å². The second kappa shape index (κ2) is 4.71. The third kappa shape index (κ3) is 2.13. The lowest BCUT2D eigenvalue weighted by Gasteiger charge is -2.26. The molecule has 0 aromatic carbocycles. The second-order valence-electron chi connectivity index (χ2n) is 4.32. The highest BCUT2D eigenvalue weighted by Gasteiger charge is 2.27. The summed E-state index contributed by atoms with van der Waals surface area (Å²) in [5, 5.41) is 0. The van der Waals surface area contributed by atoms with E-state index in [-0.39, 0.29) is 17.5 Å². The van der Waals surface area contributed by atoms with Crippen molar-refractivity contribution in [1.29, 1.82) is 0 Å². The number of nitrogens with zero attached hydrogens (tertiary/aromatic N) is 1. The highest BCUT2D eigenvalue weighted by molar-refractivity contribution is 7.16. The zero-order valence-electron chi connectivity index (χ0n) is 10.0. The molecule has 0 unspecified atom stereocenters. The molecule has 1 saturated heterocycles. The molecule has 0 spiro atoms. The fraction of sp³-hybridized carbons (Fsp3) is 0.308. The van der Waals surface area contributed by atoms with Crippen molar-refractivity contribution >= 4 is 28.8 Å². The summed E-state index contributed by atoms with van der Waals surface area (Å²) in [6.45, 7) is 2.13. The van der Waals surface area contributed by atoms with Crippen LogP contribution in [0.15, 0.2) is 18.2 Å². The van der Waals surface area contributed by atoms with Crippen LogP contribution in [0, 0.1) is 0 Å². The zero-order chi connectivity index (χ0) is 13.4. The van der Waals surface area contributed by atoms with Gasteiger partial charge in [-0.05, 0) is 18.2 Å². The Kier molecular flexibility index (Phi) is 3.04. The van der Waals surface area contributed by atoms with Crippen LogP contribution in [-0.2, 0) is 4.74 Å². The van der Waals surface area contributed by atoms with Gasteiger partial charge in [0, 0.05) is 18.7 Å². The molecule has 0 radical (unpaired) electrons. The molecule has 1 aliphatic heterocycles. The van der Waals surface area contributed by atoms with Crippen LogP contribution in [0.2, 0.25) is 0 Å². The molecule has 0 N–H and O–H groups in total. The van der Waals surface area contributed by atoms with Crippen LogP contribution in [-0.4, -0.2) is 48.7 Å². The number of ether oxygens (including phenoxy) is 1. The SMILES string of the molecule is O=C1C=CC(=O)c2sc(C(=O)N3CCOCC3)cc21. The van der Waals surface area contributed by atoms with Gasteiger partial charge in [0.1, 0.15) is 0 Å². The number of carbonyl (C=O) groups excluding carboxylic acids is 3. The molecule has 6 heteroatoms. The lowest BCUT2D eigenvalue weighted by molar-refractivity contribution is 0.0306. The van der Waals surface area contributed by atoms with Crippen LogP contribution in [0.3, 0.4) is 0 Å². The van der Waals surface area contributed by atoms with Crippen LogP contribution in [0.4, 0.5) is 0 Å². The third-order valence-corrected chi connectivity index (χ3v) is 4.25. The Morgan fingerprint density at radius 3 is 2.53 bits per heavy atom. The molecule has 1 aromatic heterocycles. The second-order valence-corrected chi connectivity index (χ2v) is 5.37. The smallest absolute Gasteiger partial charge is 0.264 e. The van der Waals surface area contributed by atoms with E-state index in [1.54, 1.807) is 4.90 Å². The summed E-state index contributed by atoms with van der Waals surface area (Å²) in [5.41, 5.74) is 0.342. The molecule has 2 aliphatic rings. The third-order valence-electron chi connectivity index (χ3n) is 3.12. The minimum absolute atomic E-state index is 0.136. The molecular formula is C13H11NO4S. The summed E-state index contributed by atoms with van der Waals surface area (Å²) in [7, 11) is 0. The van der Waals surface area contributed by atoms with Crippen molar-refractivity contribution in [3.63, 3.8) is 0 Å². The summed E-state index contributed by atoms with van der Waals surface area (Å²) in [4.78, 5) is 38.1. The first kappa shape index (κ1) is 12.3. The van der Waals surface area contributed by atoms with Gasteiger partial charge in [-0.2, -0.15) is 0 Å². The zero-order valence-corrected chi connectivity index (χ0v) is 10.9. The molecule has 2 heterocycles. The van der Waals surface area contributed by atoms with E-state index in [0.717, 1.165) is 11.3 Å². The molecule has 5 nitrogen and oxygen atoms in total. The van der Waals surface area contributed by atoms with Gasteiger partial charge in [-0.15, -0.1) is 11.3 Å². The van der Waals surface area contributed by atoms with Gasteiger partial charge in [-0.3, -0.25) is 14.4 Å². The van der Waals surface area contributed by atoms with Gasteiger partial charge in [-0.25, -0.2) is 0 Å². The molecular weight excluding hydrogens is 266 g/mol. The Hall–Kier alpha value is -1.79. The summed E-state index contributed by atoms with van der Waals surface area (Å²) < 4.78 is 5.19. The van der Waals surface area contributed by atoms with Crippen molar-refractivity contribution in [3.8, 4) is 0 Å². The number of amides is 1. The average Bonchev–Trinajstić information content (AvgIpc) is 2.89. The summed E-state index contributed by atoms with van der Waals surface area (Å²) >= 11 is 1.10. The van der Waals surface area contributed by atoms with E-state index in [2.05, 4.69) is 0 Å². The van der Waals surface area contributed by atoms with Crippen molar-refractivity contribution < 1.29 is 19.1 Å². The Bertz CT molecular complexity index is 560. The Morgan fingerprint density at radius 1 is 1.16 bits per heavy atom. The minimum atomic E-state index is -0.216. The molecule has 1 aliphatic carbocycles. The van der Waals surface area contributed by atoms with E-state index in [1.165, 1.54) is 18.2 Å². The van der Waals surface area contributed by atoms with Gasteiger partial charge < -0.3 is 9.64 Å². The molecule has 1 amide bonds. The number of hydrogen-bond donors (Lipinski definition) is 0. The molecule has 1 fully saturated rings. The first-order valence-corrected chi connectivity index (χ1v) is 6.76. The van der Waals surface area contributed by atoms with E-state index >= 15 is 0 Å². The highest BCUT2D eigenvalue weighted by atomic mass is 32.1. The quantitative estimate of drug-likeness (QED) is 0.772. The minimum Gasteiger partial charge on any atom is -0.378 e. The average molecular weight is 277 g/mol. The number of morpholine rings is 1. The number of ketones is 2. The van der Waals surface area contributed by atoms with E-state index in [1.807, 2.05) is 0 Å². The molecule has 3 rings (SSSR count). The Balaban J connectivity index is 1.90. The summed E-state index contributed by atoms with van der Waals surface area (Å²) in [6.07, 6.45) is 2.50. The number of rotatable bonds is 1. The van der Waals surface area contributed by atoms with Crippen molar-refractivity contribution in [3.05, 3.63) is 33.5 Å². The topological polar surface area (TPSA) is 63.7 Å². The van der Waals surface area contributed by atoms with Crippen molar-refractivity contribution in [2.75, 3.05) is 26.3 Å². The summed E-state index contributed by atoms with van der Waals surface area (Å²) in [5.74, 6) is -0.559. The molecule has 0 atom stereocenters. The molecule has 1 aromatic rings. The lowest BCUT2D eigenvalue weighted by atomic mass is 10.0. The molecule has 19 heavy (non-hydrogen) atoms. The van der Waals surface area contributed by atoms with E-state index in [0.29, 0.717) is 41.6 Å². The van der Waals surface area contributed by atoms with Gasteiger partial charge in [0.2, 0.25) is 0 Å². The van der Waals surface area contributed by atoms with Crippen LogP contribution in [0.1, 0.15) is 29.7 Å². The van der Waals surface area contributed by atoms with E-state index < -0.39 is 0 Å². The first-order valence-electron chi connectivity index (χ1n) is 5.94. The Labute approximate surface area is 113 Å². The lowest BCUT2D eigenvalue weighted by Crippen LogP contribution is -2.40. The normalized spacial score (nSPS) is 18.6. The largest absolute Gasteiger partial charge is 0.378 e. The van der Waals surface area contributed by atoms with Crippen LogP contribution in [0.5, 0.6) is 0 Å². The maximum absolute atomic E-state index is 12.3. The monoisotopic (exact) mass is 277 g/mol. The van der Waals surface area contributed by atoms with Crippen LogP contribution in [0.25, 0.3) is 0 Å². The van der Waals surface area contributed by atoms with Crippen molar-refractivity contribution in [2.24, 2.45) is 0 Å². The first-order chi connectivity index (χ1) is 9.16. The maximum atomic E-state index is 12.3.